The molecule has 76 valence electrons. The molecule has 14 heavy (non-hydrogen) atoms. The molecule has 0 aliphatic rings. The van der Waals surface area contributed by atoms with Crippen molar-refractivity contribution in [3.8, 4) is 0 Å². The molecule has 0 aliphatic carbocycles. The molecule has 0 bridgehead atoms. The monoisotopic (exact) mass is 192 g/mol. The second kappa shape index (κ2) is 4.62. The zero-order valence-electron chi connectivity index (χ0n) is 9.55. The first-order chi connectivity index (χ1) is 6.60. The van der Waals surface area contributed by atoms with Gasteiger partial charge in [0.15, 0.2) is 0 Å². The van der Waals surface area contributed by atoms with Crippen LogP contribution in [0.1, 0.15) is 16.7 Å². The standard InChI is InChI=1S/C11H17BO2/c1-8-6-9(2)11(10(3)7-8)12(13-4)14-5/h6-7H,1-5H3. The summed E-state index contributed by atoms with van der Waals surface area (Å²) in [6, 6.07) is 4.29. The van der Waals surface area contributed by atoms with Gasteiger partial charge in [-0.25, -0.2) is 0 Å². The Kier molecular flexibility index (Phi) is 3.73. The average molecular weight is 192 g/mol. The summed E-state index contributed by atoms with van der Waals surface area (Å²) >= 11 is 0. The molecular weight excluding hydrogens is 175 g/mol. The maximum Gasteiger partial charge on any atom is 0.493 e. The van der Waals surface area contributed by atoms with Crippen LogP contribution in [-0.4, -0.2) is 21.3 Å². The van der Waals surface area contributed by atoms with Crippen LogP contribution in [-0.2, 0) is 9.31 Å². The molecular formula is C11H17BO2. The molecule has 0 fully saturated rings. The molecule has 0 spiro atoms. The van der Waals surface area contributed by atoms with E-state index in [4.69, 9.17) is 9.31 Å². The summed E-state index contributed by atoms with van der Waals surface area (Å²) in [7, 11) is 3.07. The summed E-state index contributed by atoms with van der Waals surface area (Å²) in [5, 5.41) is 0. The highest BCUT2D eigenvalue weighted by molar-refractivity contribution is 6.62. The van der Waals surface area contributed by atoms with E-state index in [1.807, 2.05) is 0 Å². The Hall–Kier alpha value is -0.795. The van der Waals surface area contributed by atoms with Crippen LogP contribution in [0.5, 0.6) is 0 Å². The minimum Gasteiger partial charge on any atom is -0.410 e. The molecule has 1 rings (SSSR count). The Morgan fingerprint density at radius 2 is 1.36 bits per heavy atom. The van der Waals surface area contributed by atoms with Gasteiger partial charge in [0.1, 0.15) is 0 Å². The second-order valence-electron chi connectivity index (χ2n) is 3.62. The van der Waals surface area contributed by atoms with Crippen LogP contribution < -0.4 is 5.46 Å². The van der Waals surface area contributed by atoms with Crippen molar-refractivity contribution in [3.63, 3.8) is 0 Å². The quantitative estimate of drug-likeness (QED) is 0.677. The van der Waals surface area contributed by atoms with Crippen LogP contribution in [0.4, 0.5) is 0 Å². The van der Waals surface area contributed by atoms with Gasteiger partial charge in [-0.15, -0.1) is 0 Å². The highest BCUT2D eigenvalue weighted by Gasteiger charge is 2.22. The van der Waals surface area contributed by atoms with Crippen molar-refractivity contribution in [3.05, 3.63) is 28.8 Å². The van der Waals surface area contributed by atoms with E-state index in [1.165, 1.54) is 16.7 Å². The molecule has 3 heteroatoms. The summed E-state index contributed by atoms with van der Waals surface area (Å²) in [6.45, 7) is 6.26. The van der Waals surface area contributed by atoms with E-state index in [-0.39, 0.29) is 7.12 Å². The predicted octanol–water partition coefficient (Wildman–Crippen LogP) is 1.60. The molecule has 1 aromatic carbocycles. The number of hydrogen-bond donors (Lipinski definition) is 0. The van der Waals surface area contributed by atoms with Crippen molar-refractivity contribution in [1.29, 1.82) is 0 Å². The van der Waals surface area contributed by atoms with Crippen LogP contribution in [0, 0.1) is 20.8 Å². The Morgan fingerprint density at radius 3 is 1.71 bits per heavy atom. The van der Waals surface area contributed by atoms with Crippen LogP contribution in [0.25, 0.3) is 0 Å². The average Bonchev–Trinajstić information content (AvgIpc) is 2.10. The number of aryl methyl sites for hydroxylation is 3. The summed E-state index contributed by atoms with van der Waals surface area (Å²) in [5.74, 6) is 0. The van der Waals surface area contributed by atoms with Gasteiger partial charge in [0.25, 0.3) is 0 Å². The van der Waals surface area contributed by atoms with Crippen molar-refractivity contribution in [2.75, 3.05) is 14.2 Å². The van der Waals surface area contributed by atoms with Gasteiger partial charge in [-0.05, 0) is 26.2 Å². The Bertz CT molecular complexity index is 296. The third kappa shape index (κ3) is 2.17. The largest absolute Gasteiger partial charge is 0.493 e. The Labute approximate surface area is 86.4 Å². The first-order valence-electron chi connectivity index (χ1n) is 4.73. The van der Waals surface area contributed by atoms with Crippen molar-refractivity contribution in [2.24, 2.45) is 0 Å². The third-order valence-corrected chi connectivity index (χ3v) is 2.40. The fraction of sp³-hybridized carbons (Fsp3) is 0.455. The van der Waals surface area contributed by atoms with E-state index in [0.717, 1.165) is 5.46 Å². The number of benzene rings is 1. The van der Waals surface area contributed by atoms with Gasteiger partial charge in [-0.2, -0.15) is 0 Å². The van der Waals surface area contributed by atoms with Gasteiger partial charge in [0.05, 0.1) is 0 Å². The molecule has 0 atom stereocenters. The number of rotatable bonds is 3. The van der Waals surface area contributed by atoms with Gasteiger partial charge in [0.2, 0.25) is 0 Å². The SMILES string of the molecule is COB(OC)c1c(C)cc(C)cc1C. The predicted molar refractivity (Wildman–Crippen MR) is 60.1 cm³/mol. The summed E-state index contributed by atoms with van der Waals surface area (Å²) in [4.78, 5) is 0. The molecule has 1 aromatic rings. The lowest BCUT2D eigenvalue weighted by Gasteiger charge is -2.15. The van der Waals surface area contributed by atoms with Crippen molar-refractivity contribution in [2.45, 2.75) is 20.8 Å². The maximum absolute atomic E-state index is 5.26. The normalized spacial score (nSPS) is 10.4. The fourth-order valence-corrected chi connectivity index (χ4v) is 1.89. The van der Waals surface area contributed by atoms with Crippen LogP contribution in [0.3, 0.4) is 0 Å². The van der Waals surface area contributed by atoms with Crippen LogP contribution in [0.15, 0.2) is 12.1 Å². The van der Waals surface area contributed by atoms with Gasteiger partial charge in [-0.3, -0.25) is 0 Å². The smallest absolute Gasteiger partial charge is 0.410 e. The molecule has 0 amide bonds. The topological polar surface area (TPSA) is 18.5 Å². The minimum atomic E-state index is -0.254. The first kappa shape index (κ1) is 11.3. The molecule has 0 aromatic heterocycles. The molecule has 0 unspecified atom stereocenters. The van der Waals surface area contributed by atoms with E-state index >= 15 is 0 Å². The van der Waals surface area contributed by atoms with Crippen molar-refractivity contribution >= 4 is 12.6 Å². The molecule has 0 heterocycles. The molecule has 0 N–H and O–H groups in total. The highest BCUT2D eigenvalue weighted by Crippen LogP contribution is 2.07. The fourth-order valence-electron chi connectivity index (χ4n) is 1.89. The third-order valence-electron chi connectivity index (χ3n) is 2.40. The Morgan fingerprint density at radius 1 is 0.929 bits per heavy atom. The zero-order valence-corrected chi connectivity index (χ0v) is 9.55. The lowest BCUT2D eigenvalue weighted by atomic mass is 9.73. The zero-order chi connectivity index (χ0) is 10.7. The van der Waals surface area contributed by atoms with Gasteiger partial charge in [0, 0.05) is 14.2 Å². The lowest BCUT2D eigenvalue weighted by Crippen LogP contribution is -2.38. The molecule has 0 saturated carbocycles. The Balaban J connectivity index is 3.19. The molecule has 0 saturated heterocycles. The van der Waals surface area contributed by atoms with Crippen LogP contribution in [0.2, 0.25) is 0 Å². The maximum atomic E-state index is 5.26. The van der Waals surface area contributed by atoms with Gasteiger partial charge >= 0.3 is 7.12 Å². The van der Waals surface area contributed by atoms with E-state index in [1.54, 1.807) is 14.2 Å². The van der Waals surface area contributed by atoms with Crippen molar-refractivity contribution in [1.82, 2.24) is 0 Å². The highest BCUT2D eigenvalue weighted by atomic mass is 16.6. The van der Waals surface area contributed by atoms with Gasteiger partial charge in [-0.1, -0.05) is 28.8 Å². The lowest BCUT2D eigenvalue weighted by molar-refractivity contribution is 0.291. The first-order valence-corrected chi connectivity index (χ1v) is 4.73. The molecule has 0 aliphatic heterocycles. The van der Waals surface area contributed by atoms with Crippen LogP contribution >= 0.6 is 0 Å². The minimum absolute atomic E-state index is 0.254. The summed E-state index contributed by atoms with van der Waals surface area (Å²) in [6.07, 6.45) is 0. The summed E-state index contributed by atoms with van der Waals surface area (Å²) in [5.41, 5.74) is 4.85. The molecule has 2 nitrogen and oxygen atoms in total. The van der Waals surface area contributed by atoms with Gasteiger partial charge < -0.3 is 9.31 Å². The van der Waals surface area contributed by atoms with E-state index < -0.39 is 0 Å². The van der Waals surface area contributed by atoms with E-state index in [0.29, 0.717) is 0 Å². The number of hydrogen-bond acceptors (Lipinski definition) is 2. The van der Waals surface area contributed by atoms with E-state index in [2.05, 4.69) is 32.9 Å². The van der Waals surface area contributed by atoms with Crippen molar-refractivity contribution < 1.29 is 9.31 Å². The molecule has 0 radical (unpaired) electrons. The van der Waals surface area contributed by atoms with E-state index in [9.17, 15) is 0 Å². The summed E-state index contributed by atoms with van der Waals surface area (Å²) < 4.78 is 10.5. The second-order valence-corrected chi connectivity index (χ2v) is 3.62.